The van der Waals surface area contributed by atoms with Gasteiger partial charge >= 0.3 is 0 Å². The van der Waals surface area contributed by atoms with Crippen molar-refractivity contribution < 1.29 is 0 Å². The fourth-order valence-corrected chi connectivity index (χ4v) is 3.71. The summed E-state index contributed by atoms with van der Waals surface area (Å²) in [5.74, 6) is 0.487. The Morgan fingerprint density at radius 1 is 1.38 bits per heavy atom. The SMILES string of the molecule is CCN(Cc1ccc(-c2nc(CCl)cs2)cc1C)C1CC1. The van der Waals surface area contributed by atoms with E-state index in [0.29, 0.717) is 5.88 Å². The predicted octanol–water partition coefficient (Wildman–Crippen LogP) is 4.84. The van der Waals surface area contributed by atoms with Gasteiger partial charge in [-0.25, -0.2) is 4.98 Å². The molecule has 0 spiro atoms. The number of hydrogen-bond donors (Lipinski definition) is 0. The maximum absolute atomic E-state index is 5.83. The average molecular weight is 321 g/mol. The Morgan fingerprint density at radius 3 is 2.76 bits per heavy atom. The molecule has 1 heterocycles. The third kappa shape index (κ3) is 3.47. The summed E-state index contributed by atoms with van der Waals surface area (Å²) >= 11 is 7.50. The van der Waals surface area contributed by atoms with E-state index in [0.717, 1.165) is 29.8 Å². The lowest BCUT2D eigenvalue weighted by atomic mass is 10.0. The van der Waals surface area contributed by atoms with E-state index in [2.05, 4.69) is 41.9 Å². The van der Waals surface area contributed by atoms with Crippen LogP contribution in [-0.4, -0.2) is 22.5 Å². The molecule has 0 atom stereocenters. The van der Waals surface area contributed by atoms with E-state index in [4.69, 9.17) is 11.6 Å². The largest absolute Gasteiger partial charge is 0.296 e. The van der Waals surface area contributed by atoms with Gasteiger partial charge in [-0.1, -0.05) is 19.1 Å². The van der Waals surface area contributed by atoms with E-state index in [1.165, 1.54) is 29.5 Å². The fraction of sp³-hybridized carbons (Fsp3) is 0.471. The van der Waals surface area contributed by atoms with Gasteiger partial charge in [0.25, 0.3) is 0 Å². The molecule has 1 aliphatic carbocycles. The van der Waals surface area contributed by atoms with E-state index < -0.39 is 0 Å². The molecule has 0 radical (unpaired) electrons. The quantitative estimate of drug-likeness (QED) is 0.708. The average Bonchev–Trinajstić information content (AvgIpc) is 3.22. The molecule has 1 fully saturated rings. The van der Waals surface area contributed by atoms with Gasteiger partial charge in [0.1, 0.15) is 5.01 Å². The van der Waals surface area contributed by atoms with Crippen LogP contribution in [0.4, 0.5) is 0 Å². The molecule has 0 amide bonds. The topological polar surface area (TPSA) is 16.1 Å². The second-order valence-electron chi connectivity index (χ2n) is 5.71. The molecule has 0 unspecified atom stereocenters. The van der Waals surface area contributed by atoms with Crippen molar-refractivity contribution in [1.29, 1.82) is 0 Å². The van der Waals surface area contributed by atoms with Gasteiger partial charge in [-0.3, -0.25) is 4.90 Å². The van der Waals surface area contributed by atoms with Crippen molar-refractivity contribution in [3.63, 3.8) is 0 Å². The summed E-state index contributed by atoms with van der Waals surface area (Å²) in [6, 6.07) is 7.53. The zero-order chi connectivity index (χ0) is 14.8. The molecule has 0 bridgehead atoms. The van der Waals surface area contributed by atoms with Crippen molar-refractivity contribution in [3.05, 3.63) is 40.4 Å². The number of rotatable bonds is 6. The third-order valence-corrected chi connectivity index (χ3v) is 5.34. The number of hydrogen-bond acceptors (Lipinski definition) is 3. The molecule has 21 heavy (non-hydrogen) atoms. The second kappa shape index (κ2) is 6.47. The van der Waals surface area contributed by atoms with Crippen LogP contribution in [0.15, 0.2) is 23.6 Å². The number of thiazole rings is 1. The van der Waals surface area contributed by atoms with E-state index in [9.17, 15) is 0 Å². The van der Waals surface area contributed by atoms with Crippen LogP contribution in [0.25, 0.3) is 10.6 Å². The number of nitrogens with zero attached hydrogens (tertiary/aromatic N) is 2. The van der Waals surface area contributed by atoms with E-state index >= 15 is 0 Å². The Morgan fingerprint density at radius 2 is 2.19 bits per heavy atom. The van der Waals surface area contributed by atoms with Crippen LogP contribution >= 0.6 is 22.9 Å². The van der Waals surface area contributed by atoms with E-state index in [1.807, 2.05) is 5.38 Å². The van der Waals surface area contributed by atoms with Crippen LogP contribution in [0.1, 0.15) is 36.6 Å². The molecule has 2 nitrogen and oxygen atoms in total. The lowest BCUT2D eigenvalue weighted by Gasteiger charge is -2.21. The van der Waals surface area contributed by atoms with Crippen molar-refractivity contribution in [3.8, 4) is 10.6 Å². The highest BCUT2D eigenvalue weighted by Gasteiger charge is 2.27. The highest BCUT2D eigenvalue weighted by Crippen LogP contribution is 2.30. The highest BCUT2D eigenvalue weighted by atomic mass is 35.5. The normalized spacial score (nSPS) is 14.9. The summed E-state index contributed by atoms with van der Waals surface area (Å²) < 4.78 is 0. The first-order valence-corrected chi connectivity index (χ1v) is 8.97. The van der Waals surface area contributed by atoms with Crippen molar-refractivity contribution in [2.75, 3.05) is 6.54 Å². The third-order valence-electron chi connectivity index (χ3n) is 4.12. The molecule has 4 heteroatoms. The minimum Gasteiger partial charge on any atom is -0.296 e. The standard InChI is InChI=1S/C17H21ClN2S/c1-3-20(16-6-7-16)10-14-5-4-13(8-12(14)2)17-19-15(9-18)11-21-17/h4-5,8,11,16H,3,6-7,9-10H2,1-2H3. The zero-order valence-corrected chi connectivity index (χ0v) is 14.2. The van der Waals surface area contributed by atoms with Crippen molar-refractivity contribution in [1.82, 2.24) is 9.88 Å². The van der Waals surface area contributed by atoms with Gasteiger partial charge in [-0.2, -0.15) is 0 Å². The van der Waals surface area contributed by atoms with Crippen LogP contribution < -0.4 is 0 Å². The predicted molar refractivity (Wildman–Crippen MR) is 91.0 cm³/mol. The van der Waals surface area contributed by atoms with Gasteiger partial charge in [-0.05, 0) is 43.5 Å². The Hall–Kier alpha value is -0.900. The summed E-state index contributed by atoms with van der Waals surface area (Å²) in [5.41, 5.74) is 4.95. The fourth-order valence-electron chi connectivity index (χ4n) is 2.66. The maximum atomic E-state index is 5.83. The number of halogens is 1. The van der Waals surface area contributed by atoms with Gasteiger partial charge < -0.3 is 0 Å². The molecule has 0 aliphatic heterocycles. The van der Waals surface area contributed by atoms with Crippen LogP contribution in [0.2, 0.25) is 0 Å². The zero-order valence-electron chi connectivity index (χ0n) is 12.6. The van der Waals surface area contributed by atoms with Crippen LogP contribution in [-0.2, 0) is 12.4 Å². The van der Waals surface area contributed by atoms with Crippen molar-refractivity contribution >= 4 is 22.9 Å². The maximum Gasteiger partial charge on any atom is 0.123 e. The molecule has 112 valence electrons. The van der Waals surface area contributed by atoms with Gasteiger partial charge in [-0.15, -0.1) is 22.9 Å². The molecule has 0 N–H and O–H groups in total. The summed E-state index contributed by atoms with van der Waals surface area (Å²) in [7, 11) is 0. The van der Waals surface area contributed by atoms with Crippen molar-refractivity contribution in [2.24, 2.45) is 0 Å². The number of aromatic nitrogens is 1. The van der Waals surface area contributed by atoms with Crippen LogP contribution in [0.5, 0.6) is 0 Å². The summed E-state index contributed by atoms with van der Waals surface area (Å²) in [4.78, 5) is 7.14. The molecule has 3 rings (SSSR count). The molecular weight excluding hydrogens is 300 g/mol. The molecule has 1 aliphatic rings. The van der Waals surface area contributed by atoms with E-state index in [-0.39, 0.29) is 0 Å². The summed E-state index contributed by atoms with van der Waals surface area (Å²) in [6.07, 6.45) is 2.73. The van der Waals surface area contributed by atoms with Crippen LogP contribution in [0.3, 0.4) is 0 Å². The molecule has 1 saturated carbocycles. The number of benzene rings is 1. The summed E-state index contributed by atoms with van der Waals surface area (Å²) in [6.45, 7) is 6.66. The van der Waals surface area contributed by atoms with Crippen molar-refractivity contribution in [2.45, 2.75) is 45.2 Å². The van der Waals surface area contributed by atoms with Gasteiger partial charge in [0.05, 0.1) is 11.6 Å². The Balaban J connectivity index is 1.78. The van der Waals surface area contributed by atoms with Gasteiger partial charge in [0.15, 0.2) is 0 Å². The smallest absolute Gasteiger partial charge is 0.123 e. The second-order valence-corrected chi connectivity index (χ2v) is 6.84. The number of alkyl halides is 1. The summed E-state index contributed by atoms with van der Waals surface area (Å²) in [5, 5.41) is 3.10. The first kappa shape index (κ1) is 15.0. The van der Waals surface area contributed by atoms with Crippen LogP contribution in [0, 0.1) is 6.92 Å². The van der Waals surface area contributed by atoms with Gasteiger partial charge in [0, 0.05) is 23.5 Å². The lowest BCUT2D eigenvalue weighted by Crippen LogP contribution is -2.25. The first-order chi connectivity index (χ1) is 10.2. The molecule has 0 saturated heterocycles. The monoisotopic (exact) mass is 320 g/mol. The molecule has 2 aromatic rings. The van der Waals surface area contributed by atoms with Gasteiger partial charge in [0.2, 0.25) is 0 Å². The first-order valence-electron chi connectivity index (χ1n) is 7.55. The Kier molecular flexibility index (Phi) is 4.63. The highest BCUT2D eigenvalue weighted by molar-refractivity contribution is 7.13. The van der Waals surface area contributed by atoms with E-state index in [1.54, 1.807) is 11.3 Å². The minimum absolute atomic E-state index is 0.487. The molecular formula is C17H21ClN2S. The number of aryl methyl sites for hydroxylation is 1. The minimum atomic E-state index is 0.487. The Bertz CT molecular complexity index is 619. The molecule has 1 aromatic carbocycles. The Labute approximate surface area is 135 Å². The lowest BCUT2D eigenvalue weighted by molar-refractivity contribution is 0.269. The molecule has 1 aromatic heterocycles.